The van der Waals surface area contributed by atoms with Crippen LogP contribution in [0.3, 0.4) is 0 Å². The van der Waals surface area contributed by atoms with Crippen LogP contribution in [0.1, 0.15) is 18.5 Å². The van der Waals surface area contributed by atoms with Gasteiger partial charge in [-0.3, -0.25) is 0 Å². The largest absolute Gasteiger partial charge is 0.487 e. The Bertz CT molecular complexity index is 1390. The average Bonchev–Trinajstić information content (AvgIpc) is 3.52. The Labute approximate surface area is 206 Å². The predicted octanol–water partition coefficient (Wildman–Crippen LogP) is 3.19. The summed E-state index contributed by atoms with van der Waals surface area (Å²) >= 11 is 0. The monoisotopic (exact) mass is 524 g/mol. The first-order valence-corrected chi connectivity index (χ1v) is 10.9. The molecule has 2 aromatic heterocycles. The lowest BCUT2D eigenvalue weighted by atomic mass is 9.86. The van der Waals surface area contributed by atoms with Gasteiger partial charge in [-0.1, -0.05) is 18.2 Å². The summed E-state index contributed by atoms with van der Waals surface area (Å²) in [6, 6.07) is 9.61. The summed E-state index contributed by atoms with van der Waals surface area (Å²) in [5, 5.41) is 19.7. The Kier molecular flexibility index (Phi) is 7.12. The van der Waals surface area contributed by atoms with Gasteiger partial charge in [-0.05, 0) is 37.3 Å². The molecule has 0 spiro atoms. The Hall–Kier alpha value is -4.07. The van der Waals surface area contributed by atoms with Gasteiger partial charge in [-0.25, -0.2) is 36.9 Å². The van der Waals surface area contributed by atoms with Crippen LogP contribution in [0, 0.1) is 5.82 Å². The second kappa shape index (κ2) is 10.1. The first-order valence-electron chi connectivity index (χ1n) is 10.9. The molecule has 0 saturated heterocycles. The van der Waals surface area contributed by atoms with Gasteiger partial charge in [0, 0.05) is 5.56 Å². The van der Waals surface area contributed by atoms with Crippen molar-refractivity contribution in [3.63, 3.8) is 0 Å². The fraction of sp³-hybridized carbons (Fsp3) is 0.304. The zero-order valence-corrected chi connectivity index (χ0v) is 19.3. The third kappa shape index (κ3) is 5.23. The van der Waals surface area contributed by atoms with E-state index in [4.69, 9.17) is 4.74 Å². The van der Waals surface area contributed by atoms with E-state index in [1.807, 2.05) is 0 Å². The summed E-state index contributed by atoms with van der Waals surface area (Å²) in [5.41, 5.74) is -2.50. The predicted molar refractivity (Wildman–Crippen MR) is 119 cm³/mol. The normalized spacial score (nSPS) is 14.5. The summed E-state index contributed by atoms with van der Waals surface area (Å²) in [6.07, 6.45) is -0.127. The quantitative estimate of drug-likeness (QED) is 0.320. The highest BCUT2D eigenvalue weighted by molar-refractivity contribution is 5.37. The molecule has 0 fully saturated rings. The number of hydrogen-bond acceptors (Lipinski definition) is 6. The highest BCUT2D eigenvalue weighted by Crippen LogP contribution is 2.35. The van der Waals surface area contributed by atoms with Gasteiger partial charge in [-0.15, -0.1) is 0 Å². The van der Waals surface area contributed by atoms with E-state index < -0.39 is 42.1 Å². The number of aliphatic hydroxyl groups is 1. The van der Waals surface area contributed by atoms with Crippen LogP contribution in [0.25, 0.3) is 5.69 Å². The van der Waals surface area contributed by atoms with E-state index in [1.54, 1.807) is 6.07 Å². The number of halogens is 5. The Morgan fingerprint density at radius 1 is 1.05 bits per heavy atom. The van der Waals surface area contributed by atoms with Crippen molar-refractivity contribution in [2.45, 2.75) is 37.5 Å². The number of hydrogen-bond donors (Lipinski definition) is 1. The first-order chi connectivity index (χ1) is 17.5. The van der Waals surface area contributed by atoms with Gasteiger partial charge in [0.05, 0.1) is 18.3 Å². The molecule has 0 amide bonds. The number of nitrogens with zero attached hydrogens (tertiary/aromatic N) is 6. The molecule has 4 rings (SSSR count). The van der Waals surface area contributed by atoms with Crippen LogP contribution in [0.4, 0.5) is 22.0 Å². The molecular formula is C23H21F5N6O3. The van der Waals surface area contributed by atoms with Gasteiger partial charge in [0.1, 0.15) is 36.1 Å². The van der Waals surface area contributed by atoms with Crippen LogP contribution in [-0.4, -0.2) is 53.2 Å². The molecule has 2 atom stereocenters. The fourth-order valence-corrected chi connectivity index (χ4v) is 3.72. The zero-order valence-electron chi connectivity index (χ0n) is 19.3. The average molecular weight is 524 g/mol. The standard InChI is InChI=1S/C23H21F5N6O3/c1-15(22(36,10-32-13-29-12-30-32)18-4-2-3-5-19(18)24)34-21(35)33(14-31-34)16-6-8-17(9-7-16)37-11-23(27,28)20(25)26/h2-9,12-15,20,36H,10-11H2,1H3/t15-,22-/m1/s1. The SMILES string of the molecule is C[C@@H](n1ncn(-c2ccc(OCC(F)(F)C(F)F)cc2)c1=O)[C@](O)(Cn1cncn1)c1ccccc1F. The van der Waals surface area contributed by atoms with Crippen LogP contribution >= 0.6 is 0 Å². The number of rotatable bonds is 10. The molecule has 0 aliphatic heterocycles. The number of aromatic nitrogens is 6. The van der Waals surface area contributed by atoms with Gasteiger partial charge >= 0.3 is 18.0 Å². The lowest BCUT2D eigenvalue weighted by Gasteiger charge is -2.34. The molecule has 0 unspecified atom stereocenters. The van der Waals surface area contributed by atoms with Crippen molar-refractivity contribution in [2.75, 3.05) is 6.61 Å². The van der Waals surface area contributed by atoms with Crippen LogP contribution in [0.15, 0.2) is 72.3 Å². The Morgan fingerprint density at radius 3 is 2.38 bits per heavy atom. The molecule has 0 saturated carbocycles. The minimum Gasteiger partial charge on any atom is -0.487 e. The first kappa shape index (κ1) is 26.0. The van der Waals surface area contributed by atoms with Gasteiger partial charge in [0.2, 0.25) is 0 Å². The van der Waals surface area contributed by atoms with Crippen molar-refractivity contribution >= 4 is 0 Å². The molecule has 1 N–H and O–H groups in total. The highest BCUT2D eigenvalue weighted by atomic mass is 19.3. The molecule has 0 radical (unpaired) electrons. The molecule has 0 bridgehead atoms. The van der Waals surface area contributed by atoms with Gasteiger partial charge in [0.15, 0.2) is 6.61 Å². The summed E-state index contributed by atoms with van der Waals surface area (Å²) in [4.78, 5) is 17.0. The van der Waals surface area contributed by atoms with E-state index in [0.29, 0.717) is 0 Å². The van der Waals surface area contributed by atoms with Crippen molar-refractivity contribution < 1.29 is 31.8 Å². The maximum absolute atomic E-state index is 14.8. The third-order valence-corrected chi connectivity index (χ3v) is 5.83. The number of ether oxygens (including phenoxy) is 1. The third-order valence-electron chi connectivity index (χ3n) is 5.83. The maximum atomic E-state index is 14.8. The van der Waals surface area contributed by atoms with E-state index in [1.165, 1.54) is 66.7 Å². The summed E-state index contributed by atoms with van der Waals surface area (Å²) in [5.74, 6) is -5.12. The van der Waals surface area contributed by atoms with Crippen LogP contribution in [0.2, 0.25) is 0 Å². The molecule has 2 heterocycles. The van der Waals surface area contributed by atoms with Crippen molar-refractivity contribution in [1.82, 2.24) is 29.1 Å². The van der Waals surface area contributed by atoms with E-state index in [9.17, 15) is 31.9 Å². The number of benzene rings is 2. The second-order valence-corrected chi connectivity index (χ2v) is 8.25. The zero-order chi connectivity index (χ0) is 26.8. The summed E-state index contributed by atoms with van der Waals surface area (Å²) in [7, 11) is 0. The van der Waals surface area contributed by atoms with Gasteiger partial charge in [0.25, 0.3) is 0 Å². The molecule has 0 aliphatic carbocycles. The minimum atomic E-state index is -4.31. The van der Waals surface area contributed by atoms with Crippen LogP contribution in [-0.2, 0) is 12.1 Å². The topological polar surface area (TPSA) is 100.0 Å². The van der Waals surface area contributed by atoms with Gasteiger partial charge in [-0.2, -0.15) is 19.0 Å². The Morgan fingerprint density at radius 2 is 1.76 bits per heavy atom. The highest BCUT2D eigenvalue weighted by Gasteiger charge is 2.42. The lowest BCUT2D eigenvalue weighted by Crippen LogP contribution is -2.44. The van der Waals surface area contributed by atoms with E-state index in [2.05, 4.69) is 15.2 Å². The smallest absolute Gasteiger partial charge is 0.350 e. The van der Waals surface area contributed by atoms with Crippen LogP contribution < -0.4 is 10.4 Å². The minimum absolute atomic E-state index is 0.0819. The molecule has 196 valence electrons. The van der Waals surface area contributed by atoms with Crippen molar-refractivity contribution in [1.29, 1.82) is 0 Å². The summed E-state index contributed by atoms with van der Waals surface area (Å²) in [6.45, 7) is -0.272. The molecule has 4 aromatic rings. The van der Waals surface area contributed by atoms with Crippen molar-refractivity contribution in [3.05, 3.63) is 89.4 Å². The second-order valence-electron chi connectivity index (χ2n) is 8.25. The van der Waals surface area contributed by atoms with Gasteiger partial charge < -0.3 is 9.84 Å². The molecule has 9 nitrogen and oxygen atoms in total. The number of alkyl halides is 4. The van der Waals surface area contributed by atoms with E-state index >= 15 is 0 Å². The Balaban J connectivity index is 1.62. The van der Waals surface area contributed by atoms with E-state index in [0.717, 1.165) is 15.6 Å². The molecule has 37 heavy (non-hydrogen) atoms. The maximum Gasteiger partial charge on any atom is 0.350 e. The summed E-state index contributed by atoms with van der Waals surface area (Å²) < 4.78 is 73.6. The van der Waals surface area contributed by atoms with E-state index in [-0.39, 0.29) is 23.5 Å². The lowest BCUT2D eigenvalue weighted by molar-refractivity contribution is -0.148. The molecular weight excluding hydrogens is 503 g/mol. The fourth-order valence-electron chi connectivity index (χ4n) is 3.72. The molecule has 2 aromatic carbocycles. The molecule has 14 heteroatoms. The van der Waals surface area contributed by atoms with Crippen molar-refractivity contribution in [3.8, 4) is 11.4 Å². The van der Waals surface area contributed by atoms with Crippen LogP contribution in [0.5, 0.6) is 5.75 Å². The molecule has 0 aliphatic rings. The van der Waals surface area contributed by atoms with Crippen molar-refractivity contribution in [2.24, 2.45) is 0 Å².